The number of sulfone groups is 1. The Labute approximate surface area is 174 Å². The van der Waals surface area contributed by atoms with E-state index in [2.05, 4.69) is 37.0 Å². The van der Waals surface area contributed by atoms with Gasteiger partial charge >= 0.3 is 6.18 Å². The molecule has 2 aromatic carbocycles. The molecule has 0 aliphatic rings. The average Bonchev–Trinajstić information content (AvgIpc) is 2.98. The van der Waals surface area contributed by atoms with Crippen molar-refractivity contribution in [2.75, 3.05) is 6.26 Å². The first-order valence-electron chi connectivity index (χ1n) is 7.50. The van der Waals surface area contributed by atoms with Crippen LogP contribution < -0.4 is 0 Å². The Morgan fingerprint density at radius 2 is 1.61 bits per heavy atom. The third kappa shape index (κ3) is 4.31. The van der Waals surface area contributed by atoms with Gasteiger partial charge in [0.05, 0.1) is 11.4 Å². The Bertz CT molecular complexity index is 1150. The molecular formula is C17H10Br2F4N2O2S. The predicted octanol–water partition coefficient (Wildman–Crippen LogP) is 5.63. The lowest BCUT2D eigenvalue weighted by Crippen LogP contribution is -2.08. The van der Waals surface area contributed by atoms with Crippen molar-refractivity contribution in [3.8, 4) is 16.9 Å². The van der Waals surface area contributed by atoms with Gasteiger partial charge in [0.25, 0.3) is 0 Å². The third-order valence-corrected chi connectivity index (χ3v) is 5.76. The van der Waals surface area contributed by atoms with E-state index in [4.69, 9.17) is 0 Å². The first-order valence-corrected chi connectivity index (χ1v) is 11.0. The van der Waals surface area contributed by atoms with Crippen LogP contribution in [0, 0.1) is 5.82 Å². The SMILES string of the molecule is CS(=O)(=O)c1ccc(-n2nc(C(F)(F)F)cc2-c2cc(Br)cc(Br)c2)cc1F. The van der Waals surface area contributed by atoms with Crippen molar-refractivity contribution in [2.24, 2.45) is 0 Å². The summed E-state index contributed by atoms with van der Waals surface area (Å²) in [4.78, 5) is -0.550. The number of hydrogen-bond acceptors (Lipinski definition) is 3. The fraction of sp³-hybridized carbons (Fsp3) is 0.118. The molecule has 0 N–H and O–H groups in total. The van der Waals surface area contributed by atoms with Gasteiger partial charge in [-0.2, -0.15) is 18.3 Å². The lowest BCUT2D eigenvalue weighted by atomic mass is 10.1. The van der Waals surface area contributed by atoms with Gasteiger partial charge in [0.1, 0.15) is 10.7 Å². The number of aromatic nitrogens is 2. The summed E-state index contributed by atoms with van der Waals surface area (Å²) in [7, 11) is -3.82. The molecule has 0 atom stereocenters. The van der Waals surface area contributed by atoms with Crippen LogP contribution >= 0.6 is 31.9 Å². The summed E-state index contributed by atoms with van der Waals surface area (Å²) >= 11 is 6.54. The second-order valence-electron chi connectivity index (χ2n) is 5.87. The highest BCUT2D eigenvalue weighted by Gasteiger charge is 2.35. The molecule has 3 aromatic rings. The Morgan fingerprint density at radius 1 is 1.00 bits per heavy atom. The highest BCUT2D eigenvalue weighted by atomic mass is 79.9. The van der Waals surface area contributed by atoms with Crippen LogP contribution in [-0.2, 0) is 16.0 Å². The van der Waals surface area contributed by atoms with Gasteiger partial charge in [0.2, 0.25) is 0 Å². The number of rotatable bonds is 3. The molecule has 0 fully saturated rings. The molecule has 0 saturated carbocycles. The van der Waals surface area contributed by atoms with Gasteiger partial charge in [-0.3, -0.25) is 0 Å². The van der Waals surface area contributed by atoms with Gasteiger partial charge < -0.3 is 0 Å². The number of benzene rings is 2. The van der Waals surface area contributed by atoms with E-state index in [1.54, 1.807) is 18.2 Å². The topological polar surface area (TPSA) is 52.0 Å². The van der Waals surface area contributed by atoms with Crippen LogP contribution in [0.1, 0.15) is 5.69 Å². The van der Waals surface area contributed by atoms with Crippen LogP contribution in [0.2, 0.25) is 0 Å². The number of alkyl halides is 3. The van der Waals surface area contributed by atoms with Crippen LogP contribution in [0.5, 0.6) is 0 Å². The van der Waals surface area contributed by atoms with Gasteiger partial charge in [-0.1, -0.05) is 31.9 Å². The average molecular weight is 542 g/mol. The second kappa shape index (κ2) is 7.27. The van der Waals surface area contributed by atoms with Crippen LogP contribution in [0.25, 0.3) is 16.9 Å². The highest BCUT2D eigenvalue weighted by Crippen LogP contribution is 2.35. The molecule has 28 heavy (non-hydrogen) atoms. The van der Waals surface area contributed by atoms with Crippen LogP contribution in [0.15, 0.2) is 56.3 Å². The molecule has 0 amide bonds. The maximum atomic E-state index is 14.3. The molecule has 11 heteroatoms. The summed E-state index contributed by atoms with van der Waals surface area (Å²) in [5.41, 5.74) is -0.768. The van der Waals surface area contributed by atoms with Crippen LogP contribution in [0.4, 0.5) is 17.6 Å². The number of hydrogen-bond donors (Lipinski definition) is 0. The maximum Gasteiger partial charge on any atom is 0.435 e. The smallest absolute Gasteiger partial charge is 0.232 e. The maximum absolute atomic E-state index is 14.3. The normalized spacial score (nSPS) is 12.4. The molecule has 3 rings (SSSR count). The fourth-order valence-corrected chi connectivity index (χ4v) is 4.57. The molecule has 0 bridgehead atoms. The molecule has 0 radical (unpaired) electrons. The van der Waals surface area contributed by atoms with Crippen molar-refractivity contribution >= 4 is 41.7 Å². The molecule has 1 heterocycles. The molecule has 0 aliphatic heterocycles. The fourth-order valence-electron chi connectivity index (χ4n) is 2.55. The minimum Gasteiger partial charge on any atom is -0.232 e. The molecule has 0 unspecified atom stereocenters. The van der Waals surface area contributed by atoms with E-state index in [9.17, 15) is 26.0 Å². The Morgan fingerprint density at radius 3 is 2.11 bits per heavy atom. The lowest BCUT2D eigenvalue weighted by molar-refractivity contribution is -0.141. The quantitative estimate of drug-likeness (QED) is 0.404. The minimum absolute atomic E-state index is 0.0495. The third-order valence-electron chi connectivity index (χ3n) is 3.72. The zero-order chi connectivity index (χ0) is 20.9. The first kappa shape index (κ1) is 21.0. The van der Waals surface area contributed by atoms with E-state index in [1.165, 1.54) is 6.07 Å². The van der Waals surface area contributed by atoms with Crippen molar-refractivity contribution in [1.82, 2.24) is 9.78 Å². The van der Waals surface area contributed by atoms with Gasteiger partial charge in [-0.15, -0.1) is 0 Å². The zero-order valence-corrected chi connectivity index (χ0v) is 17.9. The molecular weight excluding hydrogens is 532 g/mol. The van der Waals surface area contributed by atoms with Crippen molar-refractivity contribution in [3.63, 3.8) is 0 Å². The van der Waals surface area contributed by atoms with Crippen molar-refractivity contribution < 1.29 is 26.0 Å². The van der Waals surface area contributed by atoms with Gasteiger partial charge in [0.15, 0.2) is 15.5 Å². The molecule has 0 aliphatic carbocycles. The predicted molar refractivity (Wildman–Crippen MR) is 102 cm³/mol. The summed E-state index contributed by atoms with van der Waals surface area (Å²) in [6, 6.07) is 8.74. The Kier molecular flexibility index (Phi) is 5.45. The Balaban J connectivity index is 2.26. The number of halogens is 6. The van der Waals surface area contributed by atoms with Crippen LogP contribution in [-0.4, -0.2) is 24.5 Å². The Hall–Kier alpha value is -1.72. The van der Waals surface area contributed by atoms with E-state index in [0.29, 0.717) is 14.5 Å². The van der Waals surface area contributed by atoms with Gasteiger partial charge in [-0.05, 0) is 36.4 Å². The molecule has 4 nitrogen and oxygen atoms in total. The highest BCUT2D eigenvalue weighted by molar-refractivity contribution is 9.11. The molecule has 0 saturated heterocycles. The molecule has 1 aromatic heterocycles. The first-order chi connectivity index (χ1) is 12.9. The summed E-state index contributed by atoms with van der Waals surface area (Å²) in [6.45, 7) is 0. The lowest BCUT2D eigenvalue weighted by Gasteiger charge is -2.10. The summed E-state index contributed by atoms with van der Waals surface area (Å²) < 4.78 is 79.2. The van der Waals surface area contributed by atoms with E-state index >= 15 is 0 Å². The van der Waals surface area contributed by atoms with Gasteiger partial charge in [-0.25, -0.2) is 17.5 Å². The van der Waals surface area contributed by atoms with Crippen molar-refractivity contribution in [3.05, 3.63) is 62.9 Å². The number of nitrogens with zero attached hydrogens (tertiary/aromatic N) is 2. The molecule has 0 spiro atoms. The van der Waals surface area contributed by atoms with E-state index in [1.807, 2.05) is 0 Å². The minimum atomic E-state index is -4.71. The van der Waals surface area contributed by atoms with E-state index < -0.39 is 32.4 Å². The second-order valence-corrected chi connectivity index (χ2v) is 9.68. The van der Waals surface area contributed by atoms with E-state index in [0.717, 1.165) is 29.1 Å². The monoisotopic (exact) mass is 540 g/mol. The largest absolute Gasteiger partial charge is 0.435 e. The van der Waals surface area contributed by atoms with Crippen molar-refractivity contribution in [1.29, 1.82) is 0 Å². The zero-order valence-electron chi connectivity index (χ0n) is 13.9. The standard InChI is InChI=1S/C17H10Br2F4N2O2S/c1-28(26,27)15-3-2-12(7-13(15)20)25-14(8-16(24-25)17(21,22)23)9-4-10(18)6-11(19)5-9/h2-8H,1H3. The van der Waals surface area contributed by atoms with Crippen LogP contribution in [0.3, 0.4) is 0 Å². The summed E-state index contributed by atoms with van der Waals surface area (Å²) in [6.07, 6.45) is -3.88. The van der Waals surface area contributed by atoms with E-state index in [-0.39, 0.29) is 11.4 Å². The van der Waals surface area contributed by atoms with Crippen molar-refractivity contribution in [2.45, 2.75) is 11.1 Å². The summed E-state index contributed by atoms with van der Waals surface area (Å²) in [5.74, 6) is -1.08. The van der Waals surface area contributed by atoms with Gasteiger partial charge in [0, 0.05) is 26.8 Å². The summed E-state index contributed by atoms with van der Waals surface area (Å²) in [5, 5.41) is 3.57. The molecule has 148 valence electrons.